The van der Waals surface area contributed by atoms with Crippen LogP contribution in [-0.2, 0) is 9.13 Å². The fourth-order valence-corrected chi connectivity index (χ4v) is 0. The van der Waals surface area contributed by atoms with Crippen LogP contribution in [0, 0.1) is 0 Å². The number of rotatable bonds is 0. The van der Waals surface area contributed by atoms with Crippen LogP contribution in [0.15, 0.2) is 0 Å². The molecule has 0 spiro atoms. The fourth-order valence-electron chi connectivity index (χ4n) is 0. The second kappa shape index (κ2) is 11.8. The van der Waals surface area contributed by atoms with Crippen molar-refractivity contribution in [3.63, 3.8) is 0 Å². The van der Waals surface area contributed by atoms with E-state index in [1.165, 1.54) is 0 Å². The molecule has 0 aromatic heterocycles. The van der Waals surface area contributed by atoms with Crippen molar-refractivity contribution in [1.82, 2.24) is 0 Å². The van der Waals surface area contributed by atoms with Crippen molar-refractivity contribution in [3.8, 4) is 0 Å². The van der Waals surface area contributed by atoms with Gasteiger partial charge in [0.05, 0.1) is 0 Å². The topological polar surface area (TPSA) is 161 Å². The molecule has 12 heavy (non-hydrogen) atoms. The number of hydrogen-bond acceptors (Lipinski definition) is 4. The van der Waals surface area contributed by atoms with Gasteiger partial charge in [-0.2, -0.15) is 0 Å². The summed E-state index contributed by atoms with van der Waals surface area (Å²) in [7, 11) is -9.78. The number of phosphoric acid groups is 2. The maximum Gasteiger partial charge on any atom is 1.00 e. The van der Waals surface area contributed by atoms with Gasteiger partial charge in [-0.15, -0.1) is 0 Å². The third-order valence-electron chi connectivity index (χ3n) is 0. The molecule has 0 rings (SSSR count). The van der Waals surface area contributed by atoms with Crippen molar-refractivity contribution < 1.29 is 176 Å². The van der Waals surface area contributed by atoms with E-state index in [4.69, 9.17) is 38.5 Å². The summed E-state index contributed by atoms with van der Waals surface area (Å²) in [4.78, 5) is 45.8. The molecule has 0 saturated carbocycles. The van der Waals surface area contributed by atoms with Crippen molar-refractivity contribution in [1.29, 1.82) is 0 Å². The second-order valence-corrected chi connectivity index (χ2v) is 2.94. The van der Waals surface area contributed by atoms with Crippen LogP contribution in [0.5, 0.6) is 0 Å². The van der Waals surface area contributed by atoms with E-state index in [1.807, 2.05) is 0 Å². The summed E-state index contributed by atoms with van der Waals surface area (Å²) in [5.41, 5.74) is 0. The van der Waals surface area contributed by atoms with Gasteiger partial charge in [0, 0.05) is 0 Å². The minimum Gasteiger partial charge on any atom is -0.756 e. The van der Waals surface area contributed by atoms with Gasteiger partial charge < -0.3 is 29.4 Å². The van der Waals surface area contributed by atoms with Crippen LogP contribution in [0.4, 0.5) is 0 Å². The van der Waals surface area contributed by atoms with E-state index in [0.29, 0.717) is 0 Å². The Bertz CT molecular complexity index is 127. The van der Waals surface area contributed by atoms with E-state index in [9.17, 15) is 0 Å². The Balaban J connectivity index is -0.0000000457. The van der Waals surface area contributed by atoms with Crippen LogP contribution in [0.1, 0.15) is 0 Å². The van der Waals surface area contributed by atoms with E-state index >= 15 is 0 Å². The maximum atomic E-state index is 8.77. The van der Waals surface area contributed by atoms with Gasteiger partial charge in [-0.05, 0) is 0 Å². The average Bonchev–Trinajstić information content (AvgIpc) is 1.12. The predicted molar refractivity (Wildman–Crippen MR) is 24.1 cm³/mol. The van der Waals surface area contributed by atoms with E-state index in [-0.39, 0.29) is 138 Å². The van der Waals surface area contributed by atoms with Gasteiger partial charge in [0.1, 0.15) is 0 Å². The molecule has 0 saturated heterocycles. The second-order valence-electron chi connectivity index (χ2n) is 0.981. The van der Waals surface area contributed by atoms with Crippen molar-refractivity contribution in [2.75, 3.05) is 0 Å². The van der Waals surface area contributed by atoms with Gasteiger partial charge in [0.15, 0.2) is 0 Å². The first-order chi connectivity index (χ1) is 4.00. The molecule has 0 amide bonds. The predicted octanol–water partition coefficient (Wildman–Crippen LogP) is -9.11. The summed E-state index contributed by atoms with van der Waals surface area (Å²) in [5, 5.41) is 0. The molecule has 4 N–H and O–H groups in total. The monoisotopic (exact) mass is 460 g/mol. The molecule has 12 heteroatoms. The van der Waals surface area contributed by atoms with Crippen LogP contribution in [0.25, 0.3) is 0 Å². The van der Waals surface area contributed by atoms with Crippen LogP contribution in [-0.4, -0.2) is 19.6 Å². The molecule has 0 heterocycles. The summed E-state index contributed by atoms with van der Waals surface area (Å²) in [6.45, 7) is 0. The summed E-state index contributed by atoms with van der Waals surface area (Å²) < 4.78 is 17.5. The van der Waals surface area contributed by atoms with E-state index in [2.05, 4.69) is 0 Å². The zero-order valence-corrected chi connectivity index (χ0v) is 20.7. The molecule has 0 aromatic carbocycles. The van der Waals surface area contributed by atoms with E-state index < -0.39 is 15.6 Å². The first kappa shape index (κ1) is 25.2. The molecule has 0 aliphatic carbocycles. The molecule has 0 unspecified atom stereocenters. The maximum absolute atomic E-state index is 8.77. The van der Waals surface area contributed by atoms with Crippen molar-refractivity contribution >= 4 is 15.6 Å². The van der Waals surface area contributed by atoms with Crippen molar-refractivity contribution in [2.24, 2.45) is 0 Å². The Morgan fingerprint density at radius 1 is 0.750 bits per heavy atom. The quantitative estimate of drug-likeness (QED) is 0.260. The smallest absolute Gasteiger partial charge is 0.756 e. The van der Waals surface area contributed by atoms with Gasteiger partial charge in [0.2, 0.25) is 0 Å². The van der Waals surface area contributed by atoms with Crippen LogP contribution in [0.2, 0.25) is 0 Å². The summed E-state index contributed by atoms with van der Waals surface area (Å²) in [6, 6.07) is 0. The molecule has 0 aliphatic heterocycles. The van der Waals surface area contributed by atoms with Crippen LogP contribution < -0.4 is 148 Å². The molecular formula is H4Cs2O8P2. The Hall–Kier alpha value is 4.32. The molecule has 0 aliphatic rings. The van der Waals surface area contributed by atoms with E-state index in [1.54, 1.807) is 0 Å². The summed E-state index contributed by atoms with van der Waals surface area (Å²) in [6.07, 6.45) is 0. The van der Waals surface area contributed by atoms with Gasteiger partial charge in [0.25, 0.3) is 15.6 Å². The molecule has 0 bridgehead atoms. The largest absolute Gasteiger partial charge is 1.00 e. The number of hydrogen-bond donors (Lipinski definition) is 4. The van der Waals surface area contributed by atoms with Gasteiger partial charge >= 0.3 is 138 Å². The van der Waals surface area contributed by atoms with Crippen LogP contribution in [0.3, 0.4) is 0 Å². The van der Waals surface area contributed by atoms with Crippen molar-refractivity contribution in [3.05, 3.63) is 0 Å². The minimum absolute atomic E-state index is 0. The molecule has 0 atom stereocenters. The SMILES string of the molecule is O=P([O-])(O)O.O=P([O-])(O)O.[Cs+].[Cs+]. The zero-order valence-electron chi connectivity index (χ0n) is 6.32. The minimum atomic E-state index is -4.89. The molecule has 0 fully saturated rings. The van der Waals surface area contributed by atoms with Gasteiger partial charge in [-0.1, -0.05) is 0 Å². The average molecular weight is 460 g/mol. The molecule has 0 aromatic rings. The summed E-state index contributed by atoms with van der Waals surface area (Å²) in [5.74, 6) is 0. The zero-order chi connectivity index (χ0) is 9.00. The van der Waals surface area contributed by atoms with Crippen LogP contribution >= 0.6 is 15.6 Å². The van der Waals surface area contributed by atoms with Crippen molar-refractivity contribution in [2.45, 2.75) is 0 Å². The normalized spacial score (nSPS) is 9.83. The third-order valence-corrected chi connectivity index (χ3v) is 0. The Kier molecular flexibility index (Phi) is 24.8. The molecule has 64 valence electrons. The first-order valence-electron chi connectivity index (χ1n) is 1.53. The Morgan fingerprint density at radius 3 is 0.750 bits per heavy atom. The molecular weight excluding hydrogens is 456 g/mol. The van der Waals surface area contributed by atoms with Gasteiger partial charge in [-0.25, -0.2) is 0 Å². The van der Waals surface area contributed by atoms with E-state index in [0.717, 1.165) is 0 Å². The summed E-state index contributed by atoms with van der Waals surface area (Å²) >= 11 is 0. The molecule has 0 radical (unpaired) electrons. The Morgan fingerprint density at radius 2 is 0.750 bits per heavy atom. The fraction of sp³-hybridized carbons (Fsp3) is 0. The Labute approximate surface area is 186 Å². The third kappa shape index (κ3) is 136. The standard InChI is InChI=1S/2Cs.2H3O4P/c;;2*1-5(2,3)4/h;;2*(H3,1,2,3,4)/q2*+1;;/p-2. The van der Waals surface area contributed by atoms with Gasteiger partial charge in [-0.3, -0.25) is 9.13 Å². The first-order valence-corrected chi connectivity index (χ1v) is 4.59. The molecule has 8 nitrogen and oxygen atoms in total.